The lowest BCUT2D eigenvalue weighted by atomic mass is 10.1. The second kappa shape index (κ2) is 4.43. The third-order valence-electron chi connectivity index (χ3n) is 2.39. The highest BCUT2D eigenvalue weighted by Gasteiger charge is 2.31. The van der Waals surface area contributed by atoms with Crippen LogP contribution in [-0.2, 0) is 9.47 Å². The van der Waals surface area contributed by atoms with Crippen molar-refractivity contribution < 1.29 is 14.6 Å². The van der Waals surface area contributed by atoms with Crippen molar-refractivity contribution in [2.75, 3.05) is 6.61 Å². The molecule has 1 heterocycles. The van der Waals surface area contributed by atoms with Crippen molar-refractivity contribution in [3.8, 4) is 0 Å². The Morgan fingerprint density at radius 3 is 2.71 bits per heavy atom. The second-order valence-corrected chi connectivity index (χ2v) is 4.20. The molecule has 0 saturated carbocycles. The van der Waals surface area contributed by atoms with Gasteiger partial charge in [0, 0.05) is 0 Å². The van der Waals surface area contributed by atoms with Crippen LogP contribution in [0.25, 0.3) is 0 Å². The number of hydrogen-bond donors (Lipinski definition) is 1. The summed E-state index contributed by atoms with van der Waals surface area (Å²) in [5.74, 6) is -0.487. The zero-order valence-electron chi connectivity index (χ0n) is 9.41. The molecule has 3 nitrogen and oxygen atoms in total. The van der Waals surface area contributed by atoms with E-state index < -0.39 is 5.79 Å². The van der Waals surface area contributed by atoms with Gasteiger partial charge in [-0.15, -0.1) is 0 Å². The van der Waals surface area contributed by atoms with Gasteiger partial charge in [-0.3, -0.25) is 0 Å². The molecule has 1 aliphatic heterocycles. The van der Waals surface area contributed by atoms with Gasteiger partial charge in [0.15, 0.2) is 5.79 Å². The zero-order chi connectivity index (χ0) is 10.8. The van der Waals surface area contributed by atoms with Crippen molar-refractivity contribution in [3.05, 3.63) is 11.6 Å². The highest BCUT2D eigenvalue weighted by atomic mass is 16.7. The van der Waals surface area contributed by atoms with E-state index in [9.17, 15) is 5.11 Å². The minimum absolute atomic E-state index is 0.0220. The van der Waals surface area contributed by atoms with E-state index in [1.54, 1.807) is 0 Å². The Morgan fingerprint density at radius 1 is 1.64 bits per heavy atom. The van der Waals surface area contributed by atoms with Crippen LogP contribution in [0.2, 0.25) is 0 Å². The summed E-state index contributed by atoms with van der Waals surface area (Å²) in [6.07, 6.45) is 2.30. The molecule has 1 N–H and O–H groups in total. The van der Waals surface area contributed by atoms with Crippen LogP contribution in [0.4, 0.5) is 0 Å². The van der Waals surface area contributed by atoms with Crippen LogP contribution >= 0.6 is 0 Å². The van der Waals surface area contributed by atoms with Crippen molar-refractivity contribution in [1.82, 2.24) is 0 Å². The average Bonchev–Trinajstić information content (AvgIpc) is 2.44. The van der Waals surface area contributed by atoms with E-state index in [0.29, 0.717) is 6.61 Å². The minimum atomic E-state index is -0.487. The molecule has 2 atom stereocenters. The van der Waals surface area contributed by atoms with Gasteiger partial charge < -0.3 is 14.6 Å². The van der Waals surface area contributed by atoms with E-state index in [1.807, 2.05) is 33.8 Å². The number of hydrogen-bond acceptors (Lipinski definition) is 3. The molecule has 0 radical (unpaired) electrons. The molecule has 0 bridgehead atoms. The Labute approximate surface area is 85.7 Å². The summed E-state index contributed by atoms with van der Waals surface area (Å²) in [7, 11) is 0. The summed E-state index contributed by atoms with van der Waals surface area (Å²) in [5, 5.41) is 9.55. The van der Waals surface area contributed by atoms with E-state index in [1.165, 1.54) is 0 Å². The van der Waals surface area contributed by atoms with E-state index in [2.05, 4.69) is 0 Å². The van der Waals surface area contributed by atoms with Crippen molar-refractivity contribution in [2.24, 2.45) is 0 Å². The fourth-order valence-electron chi connectivity index (χ4n) is 1.52. The van der Waals surface area contributed by atoms with Crippen molar-refractivity contribution in [3.63, 3.8) is 0 Å². The van der Waals surface area contributed by atoms with Gasteiger partial charge in [-0.05, 0) is 32.8 Å². The summed E-state index contributed by atoms with van der Waals surface area (Å²) in [4.78, 5) is 0. The van der Waals surface area contributed by atoms with Gasteiger partial charge in [-0.1, -0.05) is 13.0 Å². The van der Waals surface area contributed by atoms with Gasteiger partial charge in [0.2, 0.25) is 0 Å². The molecule has 0 amide bonds. The minimum Gasteiger partial charge on any atom is -0.389 e. The lowest BCUT2D eigenvalue weighted by Gasteiger charge is -2.16. The number of aliphatic hydroxyl groups is 1. The molecule has 1 rings (SSSR count). The maximum Gasteiger partial charge on any atom is 0.163 e. The third-order valence-corrected chi connectivity index (χ3v) is 2.39. The van der Waals surface area contributed by atoms with E-state index in [4.69, 9.17) is 9.47 Å². The molecule has 0 aromatic carbocycles. The smallest absolute Gasteiger partial charge is 0.163 e. The first kappa shape index (κ1) is 11.7. The average molecular weight is 200 g/mol. The Morgan fingerprint density at radius 2 is 2.29 bits per heavy atom. The van der Waals surface area contributed by atoms with E-state index >= 15 is 0 Å². The summed E-state index contributed by atoms with van der Waals surface area (Å²) < 4.78 is 11.0. The van der Waals surface area contributed by atoms with Crippen LogP contribution in [0.15, 0.2) is 11.6 Å². The molecule has 1 aliphatic rings. The van der Waals surface area contributed by atoms with Crippen molar-refractivity contribution in [1.29, 1.82) is 0 Å². The van der Waals surface area contributed by atoms with Gasteiger partial charge in [0.1, 0.15) is 6.10 Å². The van der Waals surface area contributed by atoms with Crippen LogP contribution in [0.5, 0.6) is 0 Å². The van der Waals surface area contributed by atoms with Crippen LogP contribution < -0.4 is 0 Å². The monoisotopic (exact) mass is 200 g/mol. The predicted octanol–water partition coefficient (Wildman–Crippen LogP) is 1.86. The highest BCUT2D eigenvalue weighted by Crippen LogP contribution is 2.24. The SMILES string of the molecule is CC[C@@H](O)/C(C)=C/[C@H]1COC(C)(C)O1. The molecular formula is C11H20O3. The molecule has 1 saturated heterocycles. The predicted molar refractivity (Wildman–Crippen MR) is 55.0 cm³/mol. The fraction of sp³-hybridized carbons (Fsp3) is 0.818. The summed E-state index contributed by atoms with van der Waals surface area (Å²) in [6.45, 7) is 8.24. The first-order valence-electron chi connectivity index (χ1n) is 5.13. The molecule has 14 heavy (non-hydrogen) atoms. The van der Waals surface area contributed by atoms with Crippen molar-refractivity contribution >= 4 is 0 Å². The highest BCUT2D eigenvalue weighted by molar-refractivity contribution is 5.08. The van der Waals surface area contributed by atoms with Crippen molar-refractivity contribution in [2.45, 2.75) is 52.1 Å². The van der Waals surface area contributed by atoms with Crippen LogP contribution in [0, 0.1) is 0 Å². The molecule has 3 heteroatoms. The maximum absolute atomic E-state index is 9.55. The Hall–Kier alpha value is -0.380. The molecule has 0 aromatic rings. The molecular weight excluding hydrogens is 180 g/mol. The molecule has 0 aliphatic carbocycles. The lowest BCUT2D eigenvalue weighted by Crippen LogP contribution is -2.21. The van der Waals surface area contributed by atoms with Gasteiger partial charge >= 0.3 is 0 Å². The van der Waals surface area contributed by atoms with E-state index in [0.717, 1.165) is 12.0 Å². The van der Waals surface area contributed by atoms with Gasteiger partial charge in [0.05, 0.1) is 12.7 Å². The topological polar surface area (TPSA) is 38.7 Å². The quantitative estimate of drug-likeness (QED) is 0.707. The zero-order valence-corrected chi connectivity index (χ0v) is 9.41. The van der Waals surface area contributed by atoms with E-state index in [-0.39, 0.29) is 12.2 Å². The first-order chi connectivity index (χ1) is 6.44. The Kier molecular flexibility index (Phi) is 3.70. The maximum atomic E-state index is 9.55. The normalized spacial score (nSPS) is 29.2. The molecule has 0 aromatic heterocycles. The molecule has 82 valence electrons. The standard InChI is InChI=1S/C11H20O3/c1-5-10(12)8(2)6-9-7-13-11(3,4)14-9/h6,9-10,12H,5,7H2,1-4H3/b8-6+/t9-,10+/m0/s1. The number of rotatable bonds is 3. The molecule has 1 fully saturated rings. The molecule has 0 unspecified atom stereocenters. The third kappa shape index (κ3) is 3.08. The summed E-state index contributed by atoms with van der Waals surface area (Å²) in [6, 6.07) is 0. The van der Waals surface area contributed by atoms with Crippen LogP contribution in [0.1, 0.15) is 34.1 Å². The fourth-order valence-corrected chi connectivity index (χ4v) is 1.52. The summed E-state index contributed by atoms with van der Waals surface area (Å²) >= 11 is 0. The second-order valence-electron chi connectivity index (χ2n) is 4.20. The van der Waals surface area contributed by atoms with Crippen LogP contribution in [0.3, 0.4) is 0 Å². The largest absolute Gasteiger partial charge is 0.389 e. The molecule has 0 spiro atoms. The number of aliphatic hydroxyl groups excluding tert-OH is 1. The van der Waals surface area contributed by atoms with Gasteiger partial charge in [0.25, 0.3) is 0 Å². The Balaban J connectivity index is 2.53. The van der Waals surface area contributed by atoms with Crippen LogP contribution in [-0.4, -0.2) is 29.7 Å². The van der Waals surface area contributed by atoms with Gasteiger partial charge in [-0.25, -0.2) is 0 Å². The first-order valence-corrected chi connectivity index (χ1v) is 5.13. The lowest BCUT2D eigenvalue weighted by molar-refractivity contribution is -0.133. The Bertz CT molecular complexity index is 221. The summed E-state index contributed by atoms with van der Waals surface area (Å²) in [5.41, 5.74) is 0.957. The number of ether oxygens (including phenoxy) is 2. The van der Waals surface area contributed by atoms with Gasteiger partial charge in [-0.2, -0.15) is 0 Å².